The van der Waals surface area contributed by atoms with E-state index in [1.807, 2.05) is 0 Å². The van der Waals surface area contributed by atoms with Crippen molar-refractivity contribution < 1.29 is 5.11 Å². The van der Waals surface area contributed by atoms with Crippen LogP contribution in [0.2, 0.25) is 0 Å². The van der Waals surface area contributed by atoms with Gasteiger partial charge in [0.15, 0.2) is 0 Å². The van der Waals surface area contributed by atoms with Gasteiger partial charge < -0.3 is 15.7 Å². The van der Waals surface area contributed by atoms with Crippen LogP contribution in [0.15, 0.2) is 0 Å². The first-order valence-corrected chi connectivity index (χ1v) is 4.41. The molecule has 66 valence electrons. The van der Waals surface area contributed by atoms with Crippen molar-refractivity contribution in [3.8, 4) is 0 Å². The smallest absolute Gasteiger partial charge is 0.0558 e. The Morgan fingerprint density at radius 3 is 2.91 bits per heavy atom. The maximum atomic E-state index is 8.70. The van der Waals surface area contributed by atoms with E-state index in [1.165, 1.54) is 6.42 Å². The Hall–Kier alpha value is -0.120. The molecular weight excluding hydrogens is 140 g/mol. The van der Waals surface area contributed by atoms with Crippen LogP contribution in [0.1, 0.15) is 19.3 Å². The topological polar surface area (TPSA) is 49.5 Å². The molecule has 1 atom stereocenters. The van der Waals surface area contributed by atoms with E-state index in [-0.39, 0.29) is 6.61 Å². The lowest BCUT2D eigenvalue weighted by Gasteiger charge is -2.17. The molecule has 0 aliphatic carbocycles. The number of nitrogens with two attached hydrogens (primary N) is 1. The highest BCUT2D eigenvalue weighted by Crippen LogP contribution is 2.07. The first kappa shape index (κ1) is 8.97. The molecule has 0 aromatic rings. The first-order chi connectivity index (χ1) is 5.33. The number of aliphatic hydroxyl groups is 1. The predicted molar refractivity (Wildman–Crippen MR) is 45.4 cm³/mol. The molecule has 3 N–H and O–H groups in total. The third-order valence-electron chi connectivity index (χ3n) is 2.28. The quantitative estimate of drug-likeness (QED) is 0.585. The van der Waals surface area contributed by atoms with Crippen molar-refractivity contribution >= 4 is 0 Å². The van der Waals surface area contributed by atoms with Crippen LogP contribution in [0, 0.1) is 0 Å². The van der Waals surface area contributed by atoms with E-state index in [4.69, 9.17) is 10.8 Å². The van der Waals surface area contributed by atoms with Crippen molar-refractivity contribution in [3.63, 3.8) is 0 Å². The monoisotopic (exact) mass is 158 g/mol. The molecule has 0 unspecified atom stereocenters. The lowest BCUT2D eigenvalue weighted by Crippen LogP contribution is -2.29. The van der Waals surface area contributed by atoms with Gasteiger partial charge in [-0.05, 0) is 32.4 Å². The number of likely N-dealkylation sites (tertiary alicyclic amines) is 1. The van der Waals surface area contributed by atoms with Gasteiger partial charge in [0.2, 0.25) is 0 Å². The third kappa shape index (κ3) is 3.18. The molecule has 1 saturated heterocycles. The fourth-order valence-corrected chi connectivity index (χ4v) is 1.55. The molecule has 0 radical (unpaired) electrons. The minimum absolute atomic E-state index is 0.273. The second-order valence-corrected chi connectivity index (χ2v) is 3.26. The van der Waals surface area contributed by atoms with Crippen LogP contribution in [0.5, 0.6) is 0 Å². The Labute approximate surface area is 68.2 Å². The van der Waals surface area contributed by atoms with Gasteiger partial charge in [-0.15, -0.1) is 0 Å². The lowest BCUT2D eigenvalue weighted by molar-refractivity contribution is 0.200. The van der Waals surface area contributed by atoms with Crippen LogP contribution in [0.25, 0.3) is 0 Å². The van der Waals surface area contributed by atoms with Crippen LogP contribution >= 0.6 is 0 Å². The SMILES string of the molecule is N[C@H]1CCCN(CCO)CC1. The highest BCUT2D eigenvalue weighted by Gasteiger charge is 2.12. The van der Waals surface area contributed by atoms with Gasteiger partial charge in [-0.1, -0.05) is 0 Å². The van der Waals surface area contributed by atoms with Gasteiger partial charge in [-0.2, -0.15) is 0 Å². The third-order valence-corrected chi connectivity index (χ3v) is 2.28. The molecule has 1 rings (SSSR count). The van der Waals surface area contributed by atoms with E-state index in [0.29, 0.717) is 6.04 Å². The molecule has 0 saturated carbocycles. The normalized spacial score (nSPS) is 28.4. The summed E-state index contributed by atoms with van der Waals surface area (Å²) in [6, 6.07) is 0.388. The van der Waals surface area contributed by atoms with E-state index < -0.39 is 0 Å². The largest absolute Gasteiger partial charge is 0.395 e. The summed E-state index contributed by atoms with van der Waals surface area (Å²) in [5, 5.41) is 8.70. The van der Waals surface area contributed by atoms with Gasteiger partial charge in [0, 0.05) is 12.6 Å². The molecule has 0 aromatic carbocycles. The summed E-state index contributed by atoms with van der Waals surface area (Å²) < 4.78 is 0. The summed E-state index contributed by atoms with van der Waals surface area (Å²) in [6.07, 6.45) is 3.41. The molecule has 1 aliphatic heterocycles. The van der Waals surface area contributed by atoms with Gasteiger partial charge >= 0.3 is 0 Å². The number of hydrogen-bond donors (Lipinski definition) is 2. The van der Waals surface area contributed by atoms with E-state index in [1.54, 1.807) is 0 Å². The van der Waals surface area contributed by atoms with Gasteiger partial charge in [-0.25, -0.2) is 0 Å². The highest BCUT2D eigenvalue weighted by atomic mass is 16.3. The lowest BCUT2D eigenvalue weighted by atomic mass is 10.1. The zero-order valence-corrected chi connectivity index (χ0v) is 7.00. The van der Waals surface area contributed by atoms with Gasteiger partial charge in [-0.3, -0.25) is 0 Å². The fraction of sp³-hybridized carbons (Fsp3) is 1.00. The van der Waals surface area contributed by atoms with Crippen LogP contribution in [-0.4, -0.2) is 42.3 Å². The number of rotatable bonds is 2. The Morgan fingerprint density at radius 1 is 1.36 bits per heavy atom. The average molecular weight is 158 g/mol. The molecule has 11 heavy (non-hydrogen) atoms. The predicted octanol–water partition coefficient (Wildman–Crippen LogP) is -0.208. The standard InChI is InChI=1S/C8H18N2O/c9-8-2-1-4-10(5-3-8)6-7-11/h8,11H,1-7,9H2/t8-/m0/s1. The minimum atomic E-state index is 0.273. The summed E-state index contributed by atoms with van der Waals surface area (Å²) in [7, 11) is 0. The Balaban J connectivity index is 2.22. The number of nitrogens with zero attached hydrogens (tertiary/aromatic N) is 1. The van der Waals surface area contributed by atoms with E-state index >= 15 is 0 Å². The molecule has 1 fully saturated rings. The molecular formula is C8H18N2O. The molecule has 0 bridgehead atoms. The van der Waals surface area contributed by atoms with Crippen molar-refractivity contribution in [1.82, 2.24) is 4.90 Å². The van der Waals surface area contributed by atoms with Crippen molar-refractivity contribution in [2.75, 3.05) is 26.2 Å². The van der Waals surface area contributed by atoms with Crippen LogP contribution in [0.3, 0.4) is 0 Å². The zero-order chi connectivity index (χ0) is 8.10. The molecule has 1 aliphatic rings. The summed E-state index contributed by atoms with van der Waals surface area (Å²) >= 11 is 0. The Morgan fingerprint density at radius 2 is 2.18 bits per heavy atom. The van der Waals surface area contributed by atoms with Crippen molar-refractivity contribution in [2.45, 2.75) is 25.3 Å². The second kappa shape index (κ2) is 4.70. The number of β-amino-alcohol motifs (C(OH)–C–C–N with tert-alkyl or cyclic N) is 1. The van der Waals surface area contributed by atoms with Crippen molar-refractivity contribution in [3.05, 3.63) is 0 Å². The fourth-order valence-electron chi connectivity index (χ4n) is 1.55. The maximum Gasteiger partial charge on any atom is 0.0558 e. The summed E-state index contributed by atoms with van der Waals surface area (Å²) in [5.41, 5.74) is 5.80. The molecule has 3 heteroatoms. The van der Waals surface area contributed by atoms with Gasteiger partial charge in [0.05, 0.1) is 6.61 Å². The van der Waals surface area contributed by atoms with E-state index in [9.17, 15) is 0 Å². The summed E-state index contributed by atoms with van der Waals surface area (Å²) in [4.78, 5) is 2.28. The highest BCUT2D eigenvalue weighted by molar-refractivity contribution is 4.71. The van der Waals surface area contributed by atoms with E-state index in [0.717, 1.165) is 32.5 Å². The minimum Gasteiger partial charge on any atom is -0.395 e. The van der Waals surface area contributed by atoms with Crippen LogP contribution < -0.4 is 5.73 Å². The summed E-state index contributed by atoms with van der Waals surface area (Å²) in [5.74, 6) is 0. The van der Waals surface area contributed by atoms with Crippen LogP contribution in [0.4, 0.5) is 0 Å². The van der Waals surface area contributed by atoms with Gasteiger partial charge in [0.1, 0.15) is 0 Å². The average Bonchev–Trinajstić information content (AvgIpc) is 2.17. The first-order valence-electron chi connectivity index (χ1n) is 4.41. The molecule has 0 aromatic heterocycles. The Bertz CT molecular complexity index is 108. The molecule has 0 amide bonds. The van der Waals surface area contributed by atoms with Crippen molar-refractivity contribution in [1.29, 1.82) is 0 Å². The molecule has 3 nitrogen and oxygen atoms in total. The second-order valence-electron chi connectivity index (χ2n) is 3.26. The van der Waals surface area contributed by atoms with E-state index in [2.05, 4.69) is 4.90 Å². The summed E-state index contributed by atoms with van der Waals surface area (Å²) in [6.45, 7) is 3.25. The van der Waals surface area contributed by atoms with Crippen LogP contribution in [-0.2, 0) is 0 Å². The maximum absolute atomic E-state index is 8.70. The molecule has 1 heterocycles. The Kier molecular flexibility index (Phi) is 3.83. The molecule has 0 spiro atoms. The zero-order valence-electron chi connectivity index (χ0n) is 7.00. The number of aliphatic hydroxyl groups excluding tert-OH is 1. The van der Waals surface area contributed by atoms with Crippen molar-refractivity contribution in [2.24, 2.45) is 5.73 Å². The van der Waals surface area contributed by atoms with Gasteiger partial charge in [0.25, 0.3) is 0 Å². The number of hydrogen-bond acceptors (Lipinski definition) is 3.